The van der Waals surface area contributed by atoms with Crippen LogP contribution in [-0.2, 0) is 4.79 Å². The normalized spacial score (nSPS) is 17.6. The van der Waals surface area contributed by atoms with E-state index in [0.717, 1.165) is 43.4 Å². The third-order valence-corrected chi connectivity index (χ3v) is 5.77. The molecular weight excluding hydrogens is 451 g/mol. The molecule has 2 aromatic carbocycles. The largest absolute Gasteiger partial charge is 0.573 e. The van der Waals surface area contributed by atoms with E-state index < -0.39 is 24.1 Å². The zero-order valence-electron chi connectivity index (χ0n) is 18.2. The molecule has 1 atom stereocenters. The number of nitrogens with one attached hydrogen (secondary N) is 2. The van der Waals surface area contributed by atoms with Crippen LogP contribution < -0.4 is 25.8 Å². The van der Waals surface area contributed by atoms with Gasteiger partial charge in [0.1, 0.15) is 17.2 Å². The Morgan fingerprint density at radius 2 is 2.03 bits per heavy atom. The van der Waals surface area contributed by atoms with E-state index in [1.165, 1.54) is 12.1 Å². The molecule has 4 rings (SSSR count). The number of rotatable bonds is 4. The quantitative estimate of drug-likeness (QED) is 0.497. The second-order valence-electron chi connectivity index (χ2n) is 8.13. The SMILES string of the molecule is NCC#Cc1cc(C2CCCC2)c(O)cc1NC(=O)C1CNc2cc(OC(F)(F)F)ccc2O1. The highest BCUT2D eigenvalue weighted by molar-refractivity contribution is 5.96. The van der Waals surface area contributed by atoms with Crippen LogP contribution >= 0.6 is 0 Å². The first-order valence-corrected chi connectivity index (χ1v) is 10.9. The molecule has 180 valence electrons. The minimum Gasteiger partial charge on any atom is -0.508 e. The summed E-state index contributed by atoms with van der Waals surface area (Å²) in [6.45, 7) is 0.157. The third-order valence-electron chi connectivity index (χ3n) is 5.77. The van der Waals surface area contributed by atoms with E-state index >= 15 is 0 Å². The fraction of sp³-hybridized carbons (Fsp3) is 0.375. The van der Waals surface area contributed by atoms with Crippen molar-refractivity contribution in [3.63, 3.8) is 0 Å². The van der Waals surface area contributed by atoms with Crippen molar-refractivity contribution in [3.05, 3.63) is 41.5 Å². The van der Waals surface area contributed by atoms with Crippen LogP contribution in [0.5, 0.6) is 17.2 Å². The fourth-order valence-corrected chi connectivity index (χ4v) is 4.23. The van der Waals surface area contributed by atoms with Crippen LogP contribution in [0.4, 0.5) is 24.5 Å². The number of aromatic hydroxyl groups is 1. The summed E-state index contributed by atoms with van der Waals surface area (Å²) in [6.07, 6.45) is -1.60. The summed E-state index contributed by atoms with van der Waals surface area (Å²) in [5, 5.41) is 16.2. The van der Waals surface area contributed by atoms with Crippen molar-refractivity contribution in [1.29, 1.82) is 0 Å². The number of carbonyl (C=O) groups is 1. The van der Waals surface area contributed by atoms with Crippen LogP contribution in [0.3, 0.4) is 0 Å². The van der Waals surface area contributed by atoms with Gasteiger partial charge in [0.15, 0.2) is 6.10 Å². The lowest BCUT2D eigenvalue weighted by Gasteiger charge is -2.27. The summed E-state index contributed by atoms with van der Waals surface area (Å²) in [7, 11) is 0. The van der Waals surface area contributed by atoms with Crippen molar-refractivity contribution >= 4 is 17.3 Å². The predicted molar refractivity (Wildman–Crippen MR) is 120 cm³/mol. The van der Waals surface area contributed by atoms with Gasteiger partial charge in [0, 0.05) is 17.7 Å². The van der Waals surface area contributed by atoms with Crippen LogP contribution in [0.2, 0.25) is 0 Å². The molecule has 1 aliphatic carbocycles. The van der Waals surface area contributed by atoms with Crippen molar-refractivity contribution in [1.82, 2.24) is 0 Å². The summed E-state index contributed by atoms with van der Waals surface area (Å²) in [4.78, 5) is 12.9. The zero-order chi connectivity index (χ0) is 24.3. The Morgan fingerprint density at radius 3 is 2.74 bits per heavy atom. The van der Waals surface area contributed by atoms with Gasteiger partial charge in [-0.2, -0.15) is 0 Å². The number of nitrogens with two attached hydrogens (primary N) is 1. The standard InChI is InChI=1S/C24H24F3N3O4/c25-24(26,27)34-16-7-8-21-19(11-16)29-13-22(33-21)23(32)30-18-12-20(31)17(14-4-1-2-5-14)10-15(18)6-3-9-28/h7-8,10-12,14,22,29,31H,1-2,4-5,9,13,28H2,(H,30,32). The second kappa shape index (κ2) is 9.73. The van der Waals surface area contributed by atoms with E-state index in [0.29, 0.717) is 11.3 Å². The molecule has 1 unspecified atom stereocenters. The summed E-state index contributed by atoms with van der Waals surface area (Å²) in [6, 6.07) is 6.83. The van der Waals surface area contributed by atoms with Crippen molar-refractivity contribution in [2.45, 2.75) is 44.1 Å². The van der Waals surface area contributed by atoms with Gasteiger partial charge in [-0.3, -0.25) is 4.79 Å². The number of ether oxygens (including phenoxy) is 2. The Balaban J connectivity index is 1.51. The maximum atomic E-state index is 12.9. The smallest absolute Gasteiger partial charge is 0.508 e. The molecule has 0 spiro atoms. The average Bonchev–Trinajstić information content (AvgIpc) is 3.31. The lowest BCUT2D eigenvalue weighted by Crippen LogP contribution is -2.41. The first-order chi connectivity index (χ1) is 16.2. The molecular formula is C24H24F3N3O4. The first-order valence-electron chi connectivity index (χ1n) is 10.9. The highest BCUT2D eigenvalue weighted by Gasteiger charge is 2.32. The van der Waals surface area contributed by atoms with Gasteiger partial charge in [0.05, 0.1) is 24.5 Å². The van der Waals surface area contributed by atoms with Crippen LogP contribution in [0.1, 0.15) is 42.7 Å². The number of phenolic OH excluding ortho intramolecular Hbond substituents is 1. The number of benzene rings is 2. The van der Waals surface area contributed by atoms with Gasteiger partial charge in [-0.25, -0.2) is 0 Å². The van der Waals surface area contributed by atoms with Crippen molar-refractivity contribution in [2.75, 3.05) is 23.7 Å². The molecule has 0 radical (unpaired) electrons. The average molecular weight is 475 g/mol. The van der Waals surface area contributed by atoms with Crippen molar-refractivity contribution < 1.29 is 32.5 Å². The van der Waals surface area contributed by atoms with Crippen molar-refractivity contribution in [3.8, 4) is 29.1 Å². The van der Waals surface area contributed by atoms with Gasteiger partial charge < -0.3 is 30.9 Å². The van der Waals surface area contributed by atoms with E-state index in [1.54, 1.807) is 6.07 Å². The molecule has 34 heavy (non-hydrogen) atoms. The van der Waals surface area contributed by atoms with Gasteiger partial charge in [-0.05, 0) is 42.5 Å². The molecule has 1 saturated carbocycles. The Hall–Kier alpha value is -3.58. The molecule has 1 fully saturated rings. The molecule has 7 nitrogen and oxygen atoms in total. The molecule has 2 aliphatic rings. The maximum Gasteiger partial charge on any atom is 0.573 e. The van der Waals surface area contributed by atoms with Gasteiger partial charge in [-0.15, -0.1) is 13.2 Å². The Bertz CT molecular complexity index is 1130. The maximum absolute atomic E-state index is 12.9. The van der Waals surface area contributed by atoms with E-state index in [4.69, 9.17) is 10.5 Å². The Kier molecular flexibility index (Phi) is 6.75. The molecule has 2 aromatic rings. The topological polar surface area (TPSA) is 106 Å². The highest BCUT2D eigenvalue weighted by atomic mass is 19.4. The Morgan fingerprint density at radius 1 is 1.26 bits per heavy atom. The van der Waals surface area contributed by atoms with E-state index in [2.05, 4.69) is 27.2 Å². The highest BCUT2D eigenvalue weighted by Crippen LogP contribution is 2.41. The lowest BCUT2D eigenvalue weighted by molar-refractivity contribution is -0.274. The number of hydrogen-bond acceptors (Lipinski definition) is 6. The summed E-state index contributed by atoms with van der Waals surface area (Å²) in [5.41, 5.74) is 7.46. The molecule has 1 amide bonds. The molecule has 1 heterocycles. The Labute approximate surface area is 194 Å². The number of anilines is 2. The predicted octanol–water partition coefficient (Wildman–Crippen LogP) is 4.07. The summed E-state index contributed by atoms with van der Waals surface area (Å²) in [5.74, 6) is 5.38. The summed E-state index contributed by atoms with van der Waals surface area (Å²) >= 11 is 0. The van der Waals surface area contributed by atoms with Gasteiger partial charge >= 0.3 is 6.36 Å². The number of hydrogen-bond donors (Lipinski definition) is 4. The van der Waals surface area contributed by atoms with Gasteiger partial charge in [-0.1, -0.05) is 24.7 Å². The van der Waals surface area contributed by atoms with Crippen LogP contribution in [0.25, 0.3) is 0 Å². The molecule has 5 N–H and O–H groups in total. The second-order valence-corrected chi connectivity index (χ2v) is 8.13. The monoisotopic (exact) mass is 475 g/mol. The van der Waals surface area contributed by atoms with Crippen LogP contribution in [0.15, 0.2) is 30.3 Å². The fourth-order valence-electron chi connectivity index (χ4n) is 4.23. The molecule has 0 bridgehead atoms. The van der Waals surface area contributed by atoms with E-state index in [-0.39, 0.29) is 36.2 Å². The summed E-state index contributed by atoms with van der Waals surface area (Å²) < 4.78 is 46.9. The van der Waals surface area contributed by atoms with Gasteiger partial charge in [0.25, 0.3) is 5.91 Å². The number of alkyl halides is 3. The number of phenols is 1. The number of halogens is 3. The minimum atomic E-state index is -4.81. The number of amides is 1. The van der Waals surface area contributed by atoms with Gasteiger partial charge in [0.2, 0.25) is 0 Å². The minimum absolute atomic E-state index is 0.0181. The third kappa shape index (κ3) is 5.48. The van der Waals surface area contributed by atoms with Crippen molar-refractivity contribution in [2.24, 2.45) is 5.73 Å². The van der Waals surface area contributed by atoms with E-state index in [9.17, 15) is 23.1 Å². The number of carbonyl (C=O) groups excluding carboxylic acids is 1. The molecule has 0 aromatic heterocycles. The molecule has 10 heteroatoms. The molecule has 1 aliphatic heterocycles. The van der Waals surface area contributed by atoms with Crippen LogP contribution in [0, 0.1) is 11.8 Å². The van der Waals surface area contributed by atoms with E-state index in [1.807, 2.05) is 0 Å². The first kappa shape index (κ1) is 23.6. The zero-order valence-corrected chi connectivity index (χ0v) is 18.2. The lowest BCUT2D eigenvalue weighted by atomic mass is 9.94. The van der Waals surface area contributed by atoms with Crippen LogP contribution in [-0.4, -0.2) is 36.6 Å². The number of fused-ring (bicyclic) bond motifs is 1. The molecule has 0 saturated heterocycles.